The molecule has 2 fully saturated rings. The molecule has 0 bridgehead atoms. The van der Waals surface area contributed by atoms with Crippen LogP contribution in [0.3, 0.4) is 0 Å². The number of nitrogens with zero attached hydrogens (tertiary/aromatic N) is 1. The molecule has 4 atom stereocenters. The number of H-pyrrole nitrogens is 1. The summed E-state index contributed by atoms with van der Waals surface area (Å²) in [6.07, 6.45) is 4.56. The van der Waals surface area contributed by atoms with Crippen LogP contribution < -0.4 is 4.72 Å². The first-order valence-corrected chi connectivity index (χ1v) is 14.6. The molecule has 1 unspecified atom stereocenters. The van der Waals surface area contributed by atoms with Crippen LogP contribution in [0.1, 0.15) is 81.5 Å². The van der Waals surface area contributed by atoms with Gasteiger partial charge in [-0.2, -0.15) is 13.2 Å². The fourth-order valence-corrected chi connectivity index (χ4v) is 7.98. The number of fused-ring (bicyclic) bond motifs is 4. The van der Waals surface area contributed by atoms with E-state index in [-0.39, 0.29) is 11.5 Å². The Hall–Kier alpha value is -1.38. The van der Waals surface area contributed by atoms with Crippen molar-refractivity contribution in [3.8, 4) is 0 Å². The standard InChI is InChI=1S/C27H38F3N3OS/c1-3-35(34)32-26(10-5-4-6-11-26)12-14-33-13-9-19-15-24-25(18(2)22(19)17-33)21-16-20(27(28,29)30)7-8-23(21)31-24/h7-8,16,18-19,22,31-32H,3-6,9-15,17H2,1-2H3/t18-,19-,22-,35?/m1/s1. The van der Waals surface area contributed by atoms with Crippen LogP contribution in [0, 0.1) is 11.8 Å². The van der Waals surface area contributed by atoms with Gasteiger partial charge < -0.3 is 9.88 Å². The monoisotopic (exact) mass is 509 g/mol. The SMILES string of the molecule is CCS(=O)NC1(CCN2CC[C@@H]3Cc4[nH]c5ccc(C(F)(F)F)cc5c4[C@H](C)[C@H]3C2)CCCCC1. The Labute approximate surface area is 209 Å². The van der Waals surface area contributed by atoms with E-state index in [1.807, 2.05) is 6.92 Å². The smallest absolute Gasteiger partial charge is 0.358 e. The fourth-order valence-electron chi connectivity index (χ4n) is 7.04. The van der Waals surface area contributed by atoms with Crippen LogP contribution in [-0.2, 0) is 23.6 Å². The molecule has 4 nitrogen and oxygen atoms in total. The van der Waals surface area contributed by atoms with Gasteiger partial charge in [-0.1, -0.05) is 33.1 Å². The lowest BCUT2D eigenvalue weighted by molar-refractivity contribution is -0.137. The Kier molecular flexibility index (Phi) is 7.09. The number of hydrogen-bond donors (Lipinski definition) is 2. The third-order valence-electron chi connectivity index (χ3n) is 9.01. The summed E-state index contributed by atoms with van der Waals surface area (Å²) in [5.74, 6) is 1.87. The molecule has 1 aromatic heterocycles. The van der Waals surface area contributed by atoms with Crippen LogP contribution in [0.4, 0.5) is 13.2 Å². The number of aromatic nitrogens is 1. The topological polar surface area (TPSA) is 48.1 Å². The molecule has 8 heteroatoms. The lowest BCUT2D eigenvalue weighted by Gasteiger charge is -2.46. The van der Waals surface area contributed by atoms with Gasteiger partial charge in [-0.15, -0.1) is 0 Å². The van der Waals surface area contributed by atoms with Crippen molar-refractivity contribution in [3.63, 3.8) is 0 Å². The molecule has 0 spiro atoms. The van der Waals surface area contributed by atoms with E-state index in [0.29, 0.717) is 17.6 Å². The highest BCUT2D eigenvalue weighted by atomic mass is 32.2. The quantitative estimate of drug-likeness (QED) is 0.491. The van der Waals surface area contributed by atoms with E-state index in [1.54, 1.807) is 6.07 Å². The van der Waals surface area contributed by atoms with Gasteiger partial charge >= 0.3 is 6.18 Å². The zero-order chi connectivity index (χ0) is 24.8. The lowest BCUT2D eigenvalue weighted by atomic mass is 9.68. The van der Waals surface area contributed by atoms with Crippen molar-refractivity contribution in [1.82, 2.24) is 14.6 Å². The summed E-state index contributed by atoms with van der Waals surface area (Å²) in [4.78, 5) is 6.01. The maximum atomic E-state index is 13.4. The highest BCUT2D eigenvalue weighted by Crippen LogP contribution is 2.47. The number of piperidine rings is 1. The zero-order valence-corrected chi connectivity index (χ0v) is 21.7. The summed E-state index contributed by atoms with van der Waals surface area (Å²) in [6.45, 7) is 7.22. The van der Waals surface area contributed by atoms with E-state index in [4.69, 9.17) is 0 Å². The molecule has 1 saturated heterocycles. The van der Waals surface area contributed by atoms with Crippen molar-refractivity contribution >= 4 is 21.9 Å². The van der Waals surface area contributed by atoms with Gasteiger partial charge in [0.2, 0.25) is 0 Å². The van der Waals surface area contributed by atoms with E-state index in [1.165, 1.54) is 31.4 Å². The van der Waals surface area contributed by atoms with Crippen LogP contribution >= 0.6 is 0 Å². The second-order valence-electron chi connectivity index (χ2n) is 11.1. The number of likely N-dealkylation sites (tertiary alicyclic amines) is 1. The van der Waals surface area contributed by atoms with E-state index < -0.39 is 22.7 Å². The first-order chi connectivity index (χ1) is 16.7. The summed E-state index contributed by atoms with van der Waals surface area (Å²) in [5.41, 5.74) is 2.46. The number of benzene rings is 1. The molecule has 2 aromatic rings. The first kappa shape index (κ1) is 25.3. The summed E-state index contributed by atoms with van der Waals surface area (Å²) in [6, 6.07) is 4.12. The lowest BCUT2D eigenvalue weighted by Crippen LogP contribution is -2.51. The molecule has 5 rings (SSSR count). The molecule has 1 aliphatic heterocycles. The Morgan fingerprint density at radius 1 is 1.23 bits per heavy atom. The van der Waals surface area contributed by atoms with Gasteiger partial charge in [0.15, 0.2) is 0 Å². The van der Waals surface area contributed by atoms with Crippen molar-refractivity contribution in [2.45, 2.75) is 82.8 Å². The number of nitrogens with one attached hydrogen (secondary N) is 2. The van der Waals surface area contributed by atoms with Gasteiger partial charge in [0, 0.05) is 34.4 Å². The van der Waals surface area contributed by atoms with Gasteiger partial charge in [-0.05, 0) is 86.7 Å². The van der Waals surface area contributed by atoms with Crippen molar-refractivity contribution in [1.29, 1.82) is 0 Å². The second-order valence-corrected chi connectivity index (χ2v) is 12.6. The third-order valence-corrected chi connectivity index (χ3v) is 10.2. The Bertz CT molecular complexity index is 1080. The minimum atomic E-state index is -4.33. The molecule has 1 saturated carbocycles. The van der Waals surface area contributed by atoms with Crippen LogP contribution in [-0.4, -0.2) is 45.0 Å². The van der Waals surface area contributed by atoms with E-state index in [9.17, 15) is 17.4 Å². The number of hydrogen-bond acceptors (Lipinski definition) is 2. The first-order valence-electron chi connectivity index (χ1n) is 13.3. The molecule has 2 N–H and O–H groups in total. The van der Waals surface area contributed by atoms with E-state index in [0.717, 1.165) is 73.9 Å². The molecule has 35 heavy (non-hydrogen) atoms. The van der Waals surface area contributed by atoms with Crippen LogP contribution in [0.25, 0.3) is 10.9 Å². The molecule has 1 aromatic carbocycles. The van der Waals surface area contributed by atoms with Crippen molar-refractivity contribution in [2.24, 2.45) is 11.8 Å². The van der Waals surface area contributed by atoms with Gasteiger partial charge in [0.25, 0.3) is 0 Å². The summed E-state index contributed by atoms with van der Waals surface area (Å²) in [7, 11) is -0.977. The Morgan fingerprint density at radius 2 is 2.00 bits per heavy atom. The summed E-state index contributed by atoms with van der Waals surface area (Å²) in [5, 5.41) is 0.741. The van der Waals surface area contributed by atoms with Crippen LogP contribution in [0.2, 0.25) is 0 Å². The normalized spacial score (nSPS) is 28.0. The average molecular weight is 510 g/mol. The molecule has 0 amide bonds. The number of alkyl halides is 3. The highest BCUT2D eigenvalue weighted by molar-refractivity contribution is 7.83. The van der Waals surface area contributed by atoms with Crippen molar-refractivity contribution in [2.75, 3.05) is 25.4 Å². The maximum absolute atomic E-state index is 13.4. The van der Waals surface area contributed by atoms with Gasteiger partial charge in [-0.3, -0.25) is 0 Å². The highest BCUT2D eigenvalue weighted by Gasteiger charge is 2.41. The minimum Gasteiger partial charge on any atom is -0.358 e. The predicted molar refractivity (Wildman–Crippen MR) is 136 cm³/mol. The molecule has 2 heterocycles. The molecular formula is C27H38F3N3OS. The van der Waals surface area contributed by atoms with Gasteiger partial charge in [0.05, 0.1) is 16.5 Å². The number of halogens is 3. The van der Waals surface area contributed by atoms with E-state index >= 15 is 0 Å². The summed E-state index contributed by atoms with van der Waals surface area (Å²) >= 11 is 0. The number of rotatable bonds is 6. The molecule has 194 valence electrons. The van der Waals surface area contributed by atoms with Crippen LogP contribution in [0.5, 0.6) is 0 Å². The molecule has 0 radical (unpaired) electrons. The zero-order valence-electron chi connectivity index (χ0n) is 20.8. The average Bonchev–Trinajstić information content (AvgIpc) is 3.21. The number of aromatic amines is 1. The van der Waals surface area contributed by atoms with Gasteiger partial charge in [-0.25, -0.2) is 8.93 Å². The Morgan fingerprint density at radius 3 is 2.71 bits per heavy atom. The van der Waals surface area contributed by atoms with Gasteiger partial charge in [0.1, 0.15) is 0 Å². The van der Waals surface area contributed by atoms with Crippen molar-refractivity contribution < 1.29 is 17.4 Å². The van der Waals surface area contributed by atoms with E-state index in [2.05, 4.69) is 21.5 Å². The van der Waals surface area contributed by atoms with Crippen LogP contribution in [0.15, 0.2) is 18.2 Å². The minimum absolute atomic E-state index is 0.0217. The Balaban J connectivity index is 1.32. The fraction of sp³-hybridized carbons (Fsp3) is 0.704. The molecule has 3 aliphatic rings. The largest absolute Gasteiger partial charge is 0.416 e. The maximum Gasteiger partial charge on any atom is 0.416 e. The third kappa shape index (κ3) is 5.08. The van der Waals surface area contributed by atoms with Crippen molar-refractivity contribution in [3.05, 3.63) is 35.0 Å². The summed E-state index contributed by atoms with van der Waals surface area (Å²) < 4.78 is 56.1. The second kappa shape index (κ2) is 9.82. The predicted octanol–water partition coefficient (Wildman–Crippen LogP) is 6.15. The molecule has 2 aliphatic carbocycles. The molecular weight excluding hydrogens is 471 g/mol.